The van der Waals surface area contributed by atoms with Crippen LogP contribution in [0.3, 0.4) is 0 Å². The standard InChI is InChI=1S/C18H23Cl2N5O2/c1-21-18(23-7-6-22-17-14(20)9-13(19)11-24-17)25-10-12-4-5-15(26-2)16(8-12)27-3/h4-5,8-9,11H,6-7,10H2,1-3H3,(H,22,24)(H2,21,23,25). The number of halogens is 2. The molecule has 0 radical (unpaired) electrons. The Hall–Kier alpha value is -2.38. The second-order valence-corrected chi connectivity index (χ2v) is 6.30. The van der Waals surface area contributed by atoms with E-state index in [9.17, 15) is 0 Å². The summed E-state index contributed by atoms with van der Waals surface area (Å²) in [6.45, 7) is 1.84. The molecule has 27 heavy (non-hydrogen) atoms. The van der Waals surface area contributed by atoms with Crippen LogP contribution in [0.15, 0.2) is 35.5 Å². The van der Waals surface area contributed by atoms with E-state index in [1.165, 1.54) is 0 Å². The van der Waals surface area contributed by atoms with E-state index in [1.54, 1.807) is 33.5 Å². The van der Waals surface area contributed by atoms with E-state index in [2.05, 4.69) is 25.9 Å². The minimum Gasteiger partial charge on any atom is -0.493 e. The van der Waals surface area contributed by atoms with Gasteiger partial charge in [-0.2, -0.15) is 0 Å². The number of guanidine groups is 1. The van der Waals surface area contributed by atoms with Gasteiger partial charge in [0.2, 0.25) is 0 Å². The average molecular weight is 412 g/mol. The molecule has 1 aromatic carbocycles. The molecule has 7 nitrogen and oxygen atoms in total. The van der Waals surface area contributed by atoms with Gasteiger partial charge in [0.1, 0.15) is 5.82 Å². The van der Waals surface area contributed by atoms with Gasteiger partial charge in [-0.3, -0.25) is 4.99 Å². The van der Waals surface area contributed by atoms with E-state index in [4.69, 9.17) is 32.7 Å². The number of anilines is 1. The van der Waals surface area contributed by atoms with Gasteiger partial charge in [-0.05, 0) is 23.8 Å². The lowest BCUT2D eigenvalue weighted by molar-refractivity contribution is 0.354. The number of benzene rings is 1. The highest BCUT2D eigenvalue weighted by Crippen LogP contribution is 2.27. The summed E-state index contributed by atoms with van der Waals surface area (Å²) >= 11 is 11.9. The highest BCUT2D eigenvalue weighted by atomic mass is 35.5. The van der Waals surface area contributed by atoms with Gasteiger partial charge in [-0.15, -0.1) is 0 Å². The molecule has 0 atom stereocenters. The van der Waals surface area contributed by atoms with Crippen molar-refractivity contribution in [3.05, 3.63) is 46.1 Å². The fourth-order valence-electron chi connectivity index (χ4n) is 2.30. The lowest BCUT2D eigenvalue weighted by Crippen LogP contribution is -2.39. The average Bonchev–Trinajstić information content (AvgIpc) is 2.68. The molecule has 0 unspecified atom stereocenters. The number of hydrogen-bond acceptors (Lipinski definition) is 5. The third-order valence-electron chi connectivity index (χ3n) is 3.65. The van der Waals surface area contributed by atoms with Crippen LogP contribution in [0.4, 0.5) is 5.82 Å². The number of hydrogen-bond donors (Lipinski definition) is 3. The Morgan fingerprint density at radius 1 is 1.07 bits per heavy atom. The van der Waals surface area contributed by atoms with Crippen LogP contribution < -0.4 is 25.4 Å². The van der Waals surface area contributed by atoms with Crippen LogP contribution in [0.1, 0.15) is 5.56 Å². The summed E-state index contributed by atoms with van der Waals surface area (Å²) in [7, 11) is 4.95. The van der Waals surface area contributed by atoms with Crippen LogP contribution in [0, 0.1) is 0 Å². The molecular formula is C18H23Cl2N5O2. The molecule has 2 aromatic rings. The molecule has 0 bridgehead atoms. The maximum Gasteiger partial charge on any atom is 0.191 e. The molecule has 0 aliphatic carbocycles. The fourth-order valence-corrected chi connectivity index (χ4v) is 2.75. The van der Waals surface area contributed by atoms with Gasteiger partial charge in [-0.1, -0.05) is 29.3 Å². The number of nitrogens with one attached hydrogen (secondary N) is 3. The predicted molar refractivity (Wildman–Crippen MR) is 110 cm³/mol. The smallest absolute Gasteiger partial charge is 0.191 e. The normalized spacial score (nSPS) is 11.1. The molecule has 1 heterocycles. The zero-order valence-corrected chi connectivity index (χ0v) is 17.0. The van der Waals surface area contributed by atoms with Gasteiger partial charge in [-0.25, -0.2) is 4.98 Å². The van der Waals surface area contributed by atoms with E-state index in [-0.39, 0.29) is 0 Å². The number of rotatable bonds is 8. The molecule has 0 saturated heterocycles. The number of ether oxygens (including phenoxy) is 2. The fraction of sp³-hybridized carbons (Fsp3) is 0.333. The maximum atomic E-state index is 6.08. The molecular weight excluding hydrogens is 389 g/mol. The van der Waals surface area contributed by atoms with Crippen molar-refractivity contribution in [2.45, 2.75) is 6.54 Å². The third kappa shape index (κ3) is 6.37. The van der Waals surface area contributed by atoms with Crippen molar-refractivity contribution >= 4 is 35.0 Å². The van der Waals surface area contributed by atoms with Gasteiger partial charge in [0.05, 0.1) is 24.3 Å². The Labute approximate surface area is 169 Å². The van der Waals surface area contributed by atoms with Crippen molar-refractivity contribution in [1.82, 2.24) is 15.6 Å². The zero-order valence-electron chi connectivity index (χ0n) is 15.5. The van der Waals surface area contributed by atoms with Crippen molar-refractivity contribution in [1.29, 1.82) is 0 Å². The first-order valence-electron chi connectivity index (χ1n) is 8.27. The highest BCUT2D eigenvalue weighted by Gasteiger charge is 2.06. The number of pyridine rings is 1. The largest absolute Gasteiger partial charge is 0.493 e. The molecule has 0 aliphatic heterocycles. The molecule has 0 saturated carbocycles. The number of aromatic nitrogens is 1. The Bertz CT molecular complexity index is 786. The molecule has 3 N–H and O–H groups in total. The first-order chi connectivity index (χ1) is 13.1. The van der Waals surface area contributed by atoms with E-state index in [0.29, 0.717) is 53.0 Å². The first-order valence-corrected chi connectivity index (χ1v) is 9.03. The Morgan fingerprint density at radius 2 is 1.85 bits per heavy atom. The van der Waals surface area contributed by atoms with E-state index < -0.39 is 0 Å². The monoisotopic (exact) mass is 411 g/mol. The minimum absolute atomic E-state index is 0.485. The summed E-state index contributed by atoms with van der Waals surface area (Å²) in [4.78, 5) is 8.36. The van der Waals surface area contributed by atoms with Crippen molar-refractivity contribution < 1.29 is 9.47 Å². The summed E-state index contributed by atoms with van der Waals surface area (Å²) in [5.41, 5.74) is 1.05. The summed E-state index contributed by atoms with van der Waals surface area (Å²) < 4.78 is 10.6. The second-order valence-electron chi connectivity index (χ2n) is 5.45. The summed E-state index contributed by atoms with van der Waals surface area (Å²) in [5, 5.41) is 10.6. The van der Waals surface area contributed by atoms with Crippen LogP contribution in [0.2, 0.25) is 10.0 Å². The lowest BCUT2D eigenvalue weighted by Gasteiger charge is -2.14. The van der Waals surface area contributed by atoms with Crippen LogP contribution in [-0.2, 0) is 6.54 Å². The SMILES string of the molecule is CN=C(NCCNc1ncc(Cl)cc1Cl)NCc1ccc(OC)c(OC)c1. The van der Waals surface area contributed by atoms with E-state index in [1.807, 2.05) is 18.2 Å². The van der Waals surface area contributed by atoms with Gasteiger partial charge in [0.25, 0.3) is 0 Å². The van der Waals surface area contributed by atoms with Gasteiger partial charge < -0.3 is 25.4 Å². The Balaban J connectivity index is 1.79. The van der Waals surface area contributed by atoms with Crippen molar-refractivity contribution in [3.8, 4) is 11.5 Å². The molecule has 9 heteroatoms. The number of nitrogens with zero attached hydrogens (tertiary/aromatic N) is 2. The lowest BCUT2D eigenvalue weighted by atomic mass is 10.2. The third-order valence-corrected chi connectivity index (χ3v) is 4.14. The quantitative estimate of drug-likeness (QED) is 0.351. The molecule has 0 spiro atoms. The zero-order chi connectivity index (χ0) is 19.6. The molecule has 0 amide bonds. The van der Waals surface area contributed by atoms with Crippen LogP contribution in [0.25, 0.3) is 0 Å². The second kappa shape index (κ2) is 10.7. The van der Waals surface area contributed by atoms with Gasteiger partial charge in [0, 0.05) is 32.9 Å². The highest BCUT2D eigenvalue weighted by molar-refractivity contribution is 6.35. The summed E-state index contributed by atoms with van der Waals surface area (Å²) in [5.74, 6) is 2.67. The number of aliphatic imine (C=N–C) groups is 1. The molecule has 0 aliphatic rings. The number of methoxy groups -OCH3 is 2. The minimum atomic E-state index is 0.485. The molecule has 1 aromatic heterocycles. The topological polar surface area (TPSA) is 79.8 Å². The first kappa shape index (κ1) is 20.9. The summed E-state index contributed by atoms with van der Waals surface area (Å²) in [6, 6.07) is 7.42. The summed E-state index contributed by atoms with van der Waals surface area (Å²) in [6.07, 6.45) is 1.55. The Kier molecular flexibility index (Phi) is 8.29. The van der Waals surface area contributed by atoms with Crippen molar-refractivity contribution in [2.24, 2.45) is 4.99 Å². The van der Waals surface area contributed by atoms with E-state index >= 15 is 0 Å². The van der Waals surface area contributed by atoms with Crippen LogP contribution in [0.5, 0.6) is 11.5 Å². The van der Waals surface area contributed by atoms with Gasteiger partial charge in [0.15, 0.2) is 17.5 Å². The predicted octanol–water partition coefficient (Wildman–Crippen LogP) is 3.18. The van der Waals surface area contributed by atoms with Gasteiger partial charge >= 0.3 is 0 Å². The van der Waals surface area contributed by atoms with Crippen LogP contribution >= 0.6 is 23.2 Å². The van der Waals surface area contributed by atoms with Crippen molar-refractivity contribution in [2.75, 3.05) is 39.7 Å². The van der Waals surface area contributed by atoms with Crippen LogP contribution in [-0.4, -0.2) is 45.3 Å². The molecule has 2 rings (SSSR count). The van der Waals surface area contributed by atoms with E-state index in [0.717, 1.165) is 5.56 Å². The van der Waals surface area contributed by atoms with Crippen molar-refractivity contribution in [3.63, 3.8) is 0 Å². The molecule has 0 fully saturated rings. The maximum absolute atomic E-state index is 6.08. The molecule has 146 valence electrons. The Morgan fingerprint density at radius 3 is 2.52 bits per heavy atom.